The first-order valence-corrected chi connectivity index (χ1v) is 4.39. The predicted molar refractivity (Wildman–Crippen MR) is 45.0 cm³/mol. The first kappa shape index (κ1) is 13.2. The molecule has 0 aliphatic rings. The minimum absolute atomic E-state index is 0.0737. The molecule has 0 bridgehead atoms. The maximum Gasteiger partial charge on any atom is 0.389 e. The number of alkyl halides is 3. The van der Waals surface area contributed by atoms with Gasteiger partial charge in [0.2, 0.25) is 0 Å². The van der Waals surface area contributed by atoms with Gasteiger partial charge in [-0.2, -0.15) is 13.2 Å². The van der Waals surface area contributed by atoms with E-state index in [1.165, 1.54) is 0 Å². The van der Waals surface area contributed by atoms with Crippen LogP contribution in [0.15, 0.2) is 0 Å². The summed E-state index contributed by atoms with van der Waals surface area (Å²) in [6.07, 6.45) is -4.77. The van der Waals surface area contributed by atoms with Gasteiger partial charge in [-0.1, -0.05) is 6.92 Å². The average molecular weight is 213 g/mol. The predicted octanol–water partition coefficient (Wildman–Crippen LogP) is 1.78. The van der Waals surface area contributed by atoms with Crippen LogP contribution in [0.1, 0.15) is 26.2 Å². The van der Waals surface area contributed by atoms with E-state index < -0.39 is 24.6 Å². The molecule has 14 heavy (non-hydrogen) atoms. The van der Waals surface area contributed by atoms with E-state index >= 15 is 0 Å². The van der Waals surface area contributed by atoms with Gasteiger partial charge in [0.05, 0.1) is 0 Å². The number of aliphatic carboxylic acids is 1. The molecule has 3 nitrogen and oxygen atoms in total. The molecular formula is C8H14F3NO2. The van der Waals surface area contributed by atoms with E-state index in [1.807, 2.05) is 0 Å². The van der Waals surface area contributed by atoms with E-state index in [4.69, 9.17) is 5.11 Å². The van der Waals surface area contributed by atoms with E-state index in [-0.39, 0.29) is 13.0 Å². The summed E-state index contributed by atoms with van der Waals surface area (Å²) >= 11 is 0. The maximum atomic E-state index is 11.7. The Hall–Kier alpha value is -0.780. The zero-order valence-corrected chi connectivity index (χ0v) is 7.90. The van der Waals surface area contributed by atoms with Gasteiger partial charge in [-0.05, 0) is 19.4 Å². The second-order valence-corrected chi connectivity index (χ2v) is 2.97. The minimum Gasteiger partial charge on any atom is -0.480 e. The number of carboxylic acid groups (broad SMARTS) is 1. The zero-order valence-electron chi connectivity index (χ0n) is 7.90. The van der Waals surface area contributed by atoms with E-state index in [2.05, 4.69) is 5.32 Å². The summed E-state index contributed by atoms with van der Waals surface area (Å²) in [6, 6.07) is -0.747. The molecule has 1 atom stereocenters. The quantitative estimate of drug-likeness (QED) is 0.661. The normalized spacial score (nSPS) is 14.0. The number of carbonyl (C=O) groups is 1. The van der Waals surface area contributed by atoms with Crippen LogP contribution in [0.5, 0.6) is 0 Å². The second kappa shape index (κ2) is 5.85. The van der Waals surface area contributed by atoms with Crippen LogP contribution < -0.4 is 5.32 Å². The third kappa shape index (κ3) is 6.71. The van der Waals surface area contributed by atoms with Crippen molar-refractivity contribution in [1.29, 1.82) is 0 Å². The molecule has 0 saturated carbocycles. The summed E-state index contributed by atoms with van der Waals surface area (Å²) in [6.45, 7) is 1.74. The number of rotatable bonds is 6. The lowest BCUT2D eigenvalue weighted by Gasteiger charge is -2.12. The maximum absolute atomic E-state index is 11.7. The third-order valence-electron chi connectivity index (χ3n) is 1.73. The van der Waals surface area contributed by atoms with Gasteiger partial charge < -0.3 is 10.4 Å². The summed E-state index contributed by atoms with van der Waals surface area (Å²) in [4.78, 5) is 10.4. The van der Waals surface area contributed by atoms with Crippen molar-refractivity contribution in [3.05, 3.63) is 0 Å². The molecule has 1 unspecified atom stereocenters. The van der Waals surface area contributed by atoms with Crippen molar-refractivity contribution in [2.24, 2.45) is 0 Å². The number of nitrogens with one attached hydrogen (secondary N) is 1. The SMILES string of the molecule is CCC(NCCCC(F)(F)F)C(=O)O. The van der Waals surface area contributed by atoms with Gasteiger partial charge in [0, 0.05) is 6.42 Å². The Morgan fingerprint density at radius 3 is 2.43 bits per heavy atom. The molecule has 0 aliphatic carbocycles. The Morgan fingerprint density at radius 1 is 1.50 bits per heavy atom. The Kier molecular flexibility index (Phi) is 5.52. The van der Waals surface area contributed by atoms with Crippen molar-refractivity contribution in [3.63, 3.8) is 0 Å². The lowest BCUT2D eigenvalue weighted by atomic mass is 10.2. The lowest BCUT2D eigenvalue weighted by molar-refractivity contribution is -0.139. The van der Waals surface area contributed by atoms with Crippen molar-refractivity contribution in [1.82, 2.24) is 5.32 Å². The van der Waals surface area contributed by atoms with Crippen molar-refractivity contribution in [2.75, 3.05) is 6.54 Å². The standard InChI is InChI=1S/C8H14F3NO2/c1-2-6(7(13)14)12-5-3-4-8(9,10)11/h6,12H,2-5H2,1H3,(H,13,14). The number of carboxylic acids is 1. The molecule has 84 valence electrons. The molecule has 2 N–H and O–H groups in total. The molecule has 0 rings (SSSR count). The highest BCUT2D eigenvalue weighted by atomic mass is 19.4. The summed E-state index contributed by atoms with van der Waals surface area (Å²) in [5.74, 6) is -1.03. The molecule has 0 aromatic rings. The van der Waals surface area contributed by atoms with E-state index in [0.29, 0.717) is 6.42 Å². The monoisotopic (exact) mass is 213 g/mol. The Morgan fingerprint density at radius 2 is 2.07 bits per heavy atom. The molecule has 0 aliphatic heterocycles. The van der Waals surface area contributed by atoms with Gasteiger partial charge >= 0.3 is 12.1 Å². The first-order chi connectivity index (χ1) is 6.37. The van der Waals surface area contributed by atoms with Crippen LogP contribution >= 0.6 is 0 Å². The van der Waals surface area contributed by atoms with Gasteiger partial charge in [0.15, 0.2) is 0 Å². The highest BCUT2D eigenvalue weighted by Crippen LogP contribution is 2.20. The van der Waals surface area contributed by atoms with Gasteiger partial charge in [0.25, 0.3) is 0 Å². The molecule has 0 spiro atoms. The fourth-order valence-electron chi connectivity index (χ4n) is 0.971. The van der Waals surface area contributed by atoms with E-state index in [9.17, 15) is 18.0 Å². The molecule has 0 aromatic heterocycles. The largest absolute Gasteiger partial charge is 0.480 e. The molecule has 0 radical (unpaired) electrons. The molecule has 0 aromatic carbocycles. The van der Waals surface area contributed by atoms with Crippen LogP contribution in [-0.2, 0) is 4.79 Å². The number of halogens is 3. The Labute approximate surface area is 80.3 Å². The summed E-state index contributed by atoms with van der Waals surface area (Å²) < 4.78 is 35.0. The van der Waals surface area contributed by atoms with Crippen LogP contribution in [0.25, 0.3) is 0 Å². The fourth-order valence-corrected chi connectivity index (χ4v) is 0.971. The molecule has 6 heteroatoms. The zero-order chi connectivity index (χ0) is 11.2. The number of hydrogen-bond donors (Lipinski definition) is 2. The van der Waals surface area contributed by atoms with Gasteiger partial charge in [0.1, 0.15) is 6.04 Å². The van der Waals surface area contributed by atoms with Crippen molar-refractivity contribution < 1.29 is 23.1 Å². The third-order valence-corrected chi connectivity index (χ3v) is 1.73. The second-order valence-electron chi connectivity index (χ2n) is 2.97. The van der Waals surface area contributed by atoms with Gasteiger partial charge in [-0.15, -0.1) is 0 Å². The highest BCUT2D eigenvalue weighted by molar-refractivity contribution is 5.73. The van der Waals surface area contributed by atoms with E-state index in [1.54, 1.807) is 6.92 Å². The average Bonchev–Trinajstić information content (AvgIpc) is 2.01. The van der Waals surface area contributed by atoms with Gasteiger partial charge in [-0.25, -0.2) is 0 Å². The van der Waals surface area contributed by atoms with Crippen LogP contribution in [0.3, 0.4) is 0 Å². The highest BCUT2D eigenvalue weighted by Gasteiger charge is 2.26. The van der Waals surface area contributed by atoms with Crippen molar-refractivity contribution in [2.45, 2.75) is 38.4 Å². The lowest BCUT2D eigenvalue weighted by Crippen LogP contribution is -2.36. The van der Waals surface area contributed by atoms with Crippen molar-refractivity contribution in [3.8, 4) is 0 Å². The summed E-state index contributed by atoms with van der Waals surface area (Å²) in [7, 11) is 0. The Balaban J connectivity index is 3.58. The van der Waals surface area contributed by atoms with Crippen LogP contribution in [0.2, 0.25) is 0 Å². The number of hydrogen-bond acceptors (Lipinski definition) is 2. The molecule has 0 saturated heterocycles. The topological polar surface area (TPSA) is 49.3 Å². The minimum atomic E-state index is -4.16. The summed E-state index contributed by atoms with van der Waals surface area (Å²) in [5.41, 5.74) is 0. The van der Waals surface area contributed by atoms with Crippen LogP contribution in [0, 0.1) is 0 Å². The van der Waals surface area contributed by atoms with Crippen LogP contribution in [0.4, 0.5) is 13.2 Å². The first-order valence-electron chi connectivity index (χ1n) is 4.39. The molecule has 0 heterocycles. The smallest absolute Gasteiger partial charge is 0.389 e. The summed E-state index contributed by atoms with van der Waals surface area (Å²) in [5, 5.41) is 11.1. The fraction of sp³-hybridized carbons (Fsp3) is 0.875. The molecule has 0 amide bonds. The molecular weight excluding hydrogens is 199 g/mol. The Bertz CT molecular complexity index is 182. The van der Waals surface area contributed by atoms with Gasteiger partial charge in [-0.3, -0.25) is 4.79 Å². The van der Waals surface area contributed by atoms with E-state index in [0.717, 1.165) is 0 Å². The van der Waals surface area contributed by atoms with Crippen molar-refractivity contribution >= 4 is 5.97 Å². The van der Waals surface area contributed by atoms with Crippen LogP contribution in [-0.4, -0.2) is 29.8 Å². The molecule has 0 fully saturated rings.